The second kappa shape index (κ2) is 8.86. The largest absolute Gasteiger partial charge is 0.379 e. The number of ether oxygens (including phenoxy) is 1. The summed E-state index contributed by atoms with van der Waals surface area (Å²) in [5.74, 6) is -0.0937. The molecule has 0 bridgehead atoms. The van der Waals surface area contributed by atoms with Gasteiger partial charge in [-0.15, -0.1) is 11.3 Å². The highest BCUT2D eigenvalue weighted by molar-refractivity contribution is 7.10. The third-order valence-corrected chi connectivity index (χ3v) is 6.01. The number of hydrazone groups is 1. The van der Waals surface area contributed by atoms with E-state index in [1.165, 1.54) is 6.92 Å². The SMILES string of the molecule is CC(=O)Nc1ccc(C2=NN(C(=O)CN3CCOCC3)C(c3cccs3)C2)cc1. The smallest absolute Gasteiger partial charge is 0.257 e. The molecule has 0 radical (unpaired) electrons. The molecule has 1 aromatic carbocycles. The topological polar surface area (TPSA) is 74.2 Å². The molecule has 2 aliphatic rings. The molecule has 4 rings (SSSR count). The summed E-state index contributed by atoms with van der Waals surface area (Å²) in [5, 5.41) is 11.2. The Balaban J connectivity index is 1.54. The first-order valence-electron chi connectivity index (χ1n) is 9.71. The first-order valence-corrected chi connectivity index (χ1v) is 10.6. The van der Waals surface area contributed by atoms with Crippen molar-refractivity contribution in [2.75, 3.05) is 38.2 Å². The fourth-order valence-electron chi connectivity index (χ4n) is 3.59. The van der Waals surface area contributed by atoms with Crippen molar-refractivity contribution in [1.29, 1.82) is 0 Å². The van der Waals surface area contributed by atoms with Gasteiger partial charge in [0.25, 0.3) is 5.91 Å². The van der Waals surface area contributed by atoms with Crippen LogP contribution in [0.1, 0.15) is 29.8 Å². The fourth-order valence-corrected chi connectivity index (χ4v) is 4.40. The van der Waals surface area contributed by atoms with Gasteiger partial charge in [0, 0.05) is 37.0 Å². The van der Waals surface area contributed by atoms with Crippen LogP contribution in [0.15, 0.2) is 46.9 Å². The molecule has 1 N–H and O–H groups in total. The van der Waals surface area contributed by atoms with Crippen LogP contribution < -0.4 is 5.32 Å². The Morgan fingerprint density at radius 3 is 2.62 bits per heavy atom. The molecule has 7 nitrogen and oxygen atoms in total. The summed E-state index contributed by atoms with van der Waals surface area (Å²) in [7, 11) is 0. The summed E-state index contributed by atoms with van der Waals surface area (Å²) in [5.41, 5.74) is 2.59. The minimum atomic E-state index is -0.103. The van der Waals surface area contributed by atoms with E-state index in [0.29, 0.717) is 26.2 Å². The number of carbonyl (C=O) groups is 2. The van der Waals surface area contributed by atoms with E-state index in [4.69, 9.17) is 9.84 Å². The lowest BCUT2D eigenvalue weighted by Crippen LogP contribution is -2.43. The Bertz CT molecular complexity index is 889. The normalized spacial score (nSPS) is 19.8. The number of rotatable bonds is 5. The second-order valence-electron chi connectivity index (χ2n) is 7.17. The Hall–Kier alpha value is -2.55. The lowest BCUT2D eigenvalue weighted by molar-refractivity contribution is -0.135. The van der Waals surface area contributed by atoms with E-state index in [9.17, 15) is 9.59 Å². The van der Waals surface area contributed by atoms with Gasteiger partial charge in [-0.25, -0.2) is 5.01 Å². The number of thiophene rings is 1. The van der Waals surface area contributed by atoms with Crippen molar-refractivity contribution in [3.05, 3.63) is 52.2 Å². The number of carbonyl (C=O) groups excluding carboxylic acids is 2. The van der Waals surface area contributed by atoms with Gasteiger partial charge in [0.05, 0.1) is 31.5 Å². The predicted octanol–water partition coefficient (Wildman–Crippen LogP) is 2.72. The standard InChI is InChI=1S/C21H24N4O3S/c1-15(26)22-17-6-4-16(5-7-17)18-13-19(20-3-2-12-29-20)25(23-18)21(27)14-24-8-10-28-11-9-24/h2-7,12,19H,8-11,13-14H2,1H3,(H,22,26). The van der Waals surface area contributed by atoms with Crippen LogP contribution in [-0.2, 0) is 14.3 Å². The van der Waals surface area contributed by atoms with Gasteiger partial charge in [-0.1, -0.05) is 18.2 Å². The molecule has 1 aromatic heterocycles. The molecule has 8 heteroatoms. The summed E-state index contributed by atoms with van der Waals surface area (Å²) in [6.07, 6.45) is 0.675. The molecule has 3 heterocycles. The quantitative estimate of drug-likeness (QED) is 0.820. The lowest BCUT2D eigenvalue weighted by atomic mass is 10.0. The number of hydrogen-bond donors (Lipinski definition) is 1. The van der Waals surface area contributed by atoms with E-state index in [1.807, 2.05) is 35.7 Å². The minimum Gasteiger partial charge on any atom is -0.379 e. The van der Waals surface area contributed by atoms with E-state index < -0.39 is 0 Å². The second-order valence-corrected chi connectivity index (χ2v) is 8.15. The zero-order valence-corrected chi connectivity index (χ0v) is 17.2. The van der Waals surface area contributed by atoms with Gasteiger partial charge in [-0.3, -0.25) is 14.5 Å². The molecule has 0 aliphatic carbocycles. The average molecular weight is 413 g/mol. The van der Waals surface area contributed by atoms with Gasteiger partial charge in [0.1, 0.15) is 0 Å². The first kappa shape index (κ1) is 19.8. The summed E-state index contributed by atoms with van der Waals surface area (Å²) in [6.45, 7) is 4.70. The fraction of sp³-hybridized carbons (Fsp3) is 0.381. The van der Waals surface area contributed by atoms with Crippen LogP contribution in [0.25, 0.3) is 0 Å². The molecule has 29 heavy (non-hydrogen) atoms. The number of benzene rings is 1. The molecule has 0 saturated carbocycles. The highest BCUT2D eigenvalue weighted by Gasteiger charge is 2.34. The van der Waals surface area contributed by atoms with Gasteiger partial charge >= 0.3 is 0 Å². The zero-order valence-electron chi connectivity index (χ0n) is 16.3. The number of nitrogens with one attached hydrogen (secondary N) is 1. The average Bonchev–Trinajstić information content (AvgIpc) is 3.39. The predicted molar refractivity (Wildman–Crippen MR) is 113 cm³/mol. The van der Waals surface area contributed by atoms with Gasteiger partial charge in [0.2, 0.25) is 5.91 Å². The van der Waals surface area contributed by atoms with E-state index in [2.05, 4.69) is 16.3 Å². The van der Waals surface area contributed by atoms with Crippen molar-refractivity contribution < 1.29 is 14.3 Å². The van der Waals surface area contributed by atoms with Crippen LogP contribution in [0.3, 0.4) is 0 Å². The number of morpholine rings is 1. The molecule has 0 spiro atoms. The molecule has 1 fully saturated rings. The van der Waals surface area contributed by atoms with E-state index in [1.54, 1.807) is 16.3 Å². The number of nitrogens with zero attached hydrogens (tertiary/aromatic N) is 3. The van der Waals surface area contributed by atoms with E-state index in [0.717, 1.165) is 34.9 Å². The van der Waals surface area contributed by atoms with Crippen molar-refractivity contribution in [3.8, 4) is 0 Å². The number of amides is 2. The van der Waals surface area contributed by atoms with Gasteiger partial charge in [-0.05, 0) is 29.1 Å². The zero-order chi connectivity index (χ0) is 20.2. The third-order valence-electron chi connectivity index (χ3n) is 5.04. The Morgan fingerprint density at radius 1 is 1.21 bits per heavy atom. The van der Waals surface area contributed by atoms with Crippen LogP contribution in [0.2, 0.25) is 0 Å². The highest BCUT2D eigenvalue weighted by Crippen LogP contribution is 2.35. The molecular weight excluding hydrogens is 388 g/mol. The van der Waals surface area contributed by atoms with Crippen LogP contribution in [-0.4, -0.2) is 60.3 Å². The number of hydrogen-bond acceptors (Lipinski definition) is 6. The molecule has 1 unspecified atom stereocenters. The molecule has 1 atom stereocenters. The number of anilines is 1. The summed E-state index contributed by atoms with van der Waals surface area (Å²) in [4.78, 5) is 27.5. The first-order chi connectivity index (χ1) is 14.1. The van der Waals surface area contributed by atoms with Crippen molar-refractivity contribution in [1.82, 2.24) is 9.91 Å². The molecule has 152 valence electrons. The van der Waals surface area contributed by atoms with Crippen molar-refractivity contribution in [3.63, 3.8) is 0 Å². The maximum absolute atomic E-state index is 13.1. The minimum absolute atomic E-state index is 0.00941. The lowest BCUT2D eigenvalue weighted by Gasteiger charge is -2.28. The van der Waals surface area contributed by atoms with E-state index in [-0.39, 0.29) is 17.9 Å². The van der Waals surface area contributed by atoms with E-state index >= 15 is 0 Å². The maximum atomic E-state index is 13.1. The third kappa shape index (κ3) is 4.72. The van der Waals surface area contributed by atoms with Gasteiger partial charge in [0.15, 0.2) is 0 Å². The van der Waals surface area contributed by atoms with Gasteiger partial charge in [-0.2, -0.15) is 5.10 Å². The van der Waals surface area contributed by atoms with Crippen LogP contribution in [0.5, 0.6) is 0 Å². The Morgan fingerprint density at radius 2 is 1.97 bits per heavy atom. The van der Waals surface area contributed by atoms with Gasteiger partial charge < -0.3 is 10.1 Å². The molecule has 2 aromatic rings. The summed E-state index contributed by atoms with van der Waals surface area (Å²) >= 11 is 1.65. The van der Waals surface area contributed by atoms with Crippen molar-refractivity contribution in [2.24, 2.45) is 5.10 Å². The Kier molecular flexibility index (Phi) is 6.03. The summed E-state index contributed by atoms with van der Waals surface area (Å²) < 4.78 is 5.38. The maximum Gasteiger partial charge on any atom is 0.257 e. The molecule has 1 saturated heterocycles. The van der Waals surface area contributed by atoms with Crippen LogP contribution in [0.4, 0.5) is 5.69 Å². The Labute approximate surface area is 174 Å². The molecular formula is C21H24N4O3S. The highest BCUT2D eigenvalue weighted by atomic mass is 32.1. The summed E-state index contributed by atoms with van der Waals surface area (Å²) in [6, 6.07) is 11.6. The molecule has 2 amide bonds. The van der Waals surface area contributed by atoms with Crippen LogP contribution in [0, 0.1) is 0 Å². The van der Waals surface area contributed by atoms with Crippen LogP contribution >= 0.6 is 11.3 Å². The molecule has 2 aliphatic heterocycles. The monoisotopic (exact) mass is 412 g/mol. The van der Waals surface area contributed by atoms with Crippen molar-refractivity contribution >= 4 is 34.6 Å². The van der Waals surface area contributed by atoms with Crippen molar-refractivity contribution in [2.45, 2.75) is 19.4 Å².